The Labute approximate surface area is 309 Å². The van der Waals surface area contributed by atoms with Crippen LogP contribution in [-0.2, 0) is 0 Å². The van der Waals surface area contributed by atoms with Gasteiger partial charge in [-0.25, -0.2) is 0 Å². The summed E-state index contributed by atoms with van der Waals surface area (Å²) in [5.41, 5.74) is 10.6. The molecule has 10 aromatic rings. The van der Waals surface area contributed by atoms with Gasteiger partial charge in [-0.05, 0) is 95.9 Å². The molecule has 248 valence electrons. The molecule has 0 aliphatic rings. The lowest BCUT2D eigenvalue weighted by atomic mass is 9.92. The molecule has 0 amide bonds. The number of hydrogen-bond acceptors (Lipinski definition) is 1. The van der Waals surface area contributed by atoms with Gasteiger partial charge in [-0.15, -0.1) is 0 Å². The van der Waals surface area contributed by atoms with Crippen LogP contribution in [0, 0.1) is 0 Å². The van der Waals surface area contributed by atoms with Gasteiger partial charge >= 0.3 is 0 Å². The predicted octanol–water partition coefficient (Wildman–Crippen LogP) is 14.8. The Kier molecular flexibility index (Phi) is 7.55. The Morgan fingerprint density at radius 2 is 0.811 bits per heavy atom. The summed E-state index contributed by atoms with van der Waals surface area (Å²) < 4.78 is 0. The highest BCUT2D eigenvalue weighted by molar-refractivity contribution is 6.14. The van der Waals surface area contributed by atoms with Gasteiger partial charge in [0.2, 0.25) is 0 Å². The number of para-hydroxylation sites is 1. The quantitative estimate of drug-likeness (QED) is 0.159. The van der Waals surface area contributed by atoms with E-state index in [0.29, 0.717) is 0 Å². The van der Waals surface area contributed by atoms with Gasteiger partial charge in [0.25, 0.3) is 0 Å². The summed E-state index contributed by atoms with van der Waals surface area (Å²) in [4.78, 5) is 2.47. The van der Waals surface area contributed by atoms with Crippen molar-refractivity contribution in [3.63, 3.8) is 0 Å². The van der Waals surface area contributed by atoms with Gasteiger partial charge in [-0.1, -0.05) is 182 Å². The number of hydrogen-bond donors (Lipinski definition) is 0. The maximum atomic E-state index is 2.47. The molecule has 0 bridgehead atoms. The molecular formula is C52H35N. The molecule has 0 heterocycles. The molecule has 10 aromatic carbocycles. The highest BCUT2D eigenvalue weighted by Crippen LogP contribution is 2.47. The molecule has 0 saturated carbocycles. The lowest BCUT2D eigenvalue weighted by molar-refractivity contribution is 1.30. The van der Waals surface area contributed by atoms with E-state index in [1.165, 1.54) is 76.5 Å². The van der Waals surface area contributed by atoms with Crippen LogP contribution in [0.3, 0.4) is 0 Å². The minimum atomic E-state index is 1.10. The zero-order valence-electron chi connectivity index (χ0n) is 29.2. The standard InChI is InChI=1S/C52H35N/c1-2-16-36(17-3-1)43-32-33-52(49-28-11-10-26-45(43)49)53(51-31-13-12-29-48(51)46-30-15-20-37-18-4-6-23-41(37)46)40-22-14-21-38(34-40)50-35-39-19-5-7-24-42(39)44-25-8-9-27-47(44)50/h1-35H. The summed E-state index contributed by atoms with van der Waals surface area (Å²) in [5.74, 6) is 0. The summed E-state index contributed by atoms with van der Waals surface area (Å²) in [6.07, 6.45) is 0. The molecular weight excluding hydrogens is 639 g/mol. The molecule has 53 heavy (non-hydrogen) atoms. The summed E-state index contributed by atoms with van der Waals surface area (Å²) in [6, 6.07) is 77.3. The molecule has 10 rings (SSSR count). The van der Waals surface area contributed by atoms with Crippen molar-refractivity contribution < 1.29 is 0 Å². The average molecular weight is 674 g/mol. The van der Waals surface area contributed by atoms with Gasteiger partial charge in [-0.3, -0.25) is 0 Å². The van der Waals surface area contributed by atoms with Crippen molar-refractivity contribution in [2.45, 2.75) is 0 Å². The molecule has 0 aliphatic carbocycles. The second kappa shape index (κ2) is 13.0. The molecule has 0 spiro atoms. The Morgan fingerprint density at radius 3 is 1.64 bits per heavy atom. The van der Waals surface area contributed by atoms with Gasteiger partial charge in [0.15, 0.2) is 0 Å². The third-order valence-electron chi connectivity index (χ3n) is 10.6. The average Bonchev–Trinajstić information content (AvgIpc) is 3.24. The first-order valence-electron chi connectivity index (χ1n) is 18.3. The van der Waals surface area contributed by atoms with E-state index >= 15 is 0 Å². The van der Waals surface area contributed by atoms with Crippen LogP contribution in [0.15, 0.2) is 212 Å². The van der Waals surface area contributed by atoms with Crippen LogP contribution in [0.2, 0.25) is 0 Å². The second-order valence-corrected chi connectivity index (χ2v) is 13.7. The molecule has 0 aromatic heterocycles. The summed E-state index contributed by atoms with van der Waals surface area (Å²) in [6.45, 7) is 0. The lowest BCUT2D eigenvalue weighted by Gasteiger charge is -2.30. The van der Waals surface area contributed by atoms with Crippen LogP contribution in [-0.4, -0.2) is 0 Å². The number of fused-ring (bicyclic) bond motifs is 5. The van der Waals surface area contributed by atoms with E-state index in [1.54, 1.807) is 0 Å². The maximum absolute atomic E-state index is 2.47. The van der Waals surface area contributed by atoms with E-state index < -0.39 is 0 Å². The molecule has 0 radical (unpaired) electrons. The maximum Gasteiger partial charge on any atom is 0.0540 e. The molecule has 0 saturated heterocycles. The van der Waals surface area contributed by atoms with E-state index in [1.807, 2.05) is 0 Å². The third kappa shape index (κ3) is 5.34. The topological polar surface area (TPSA) is 3.24 Å². The van der Waals surface area contributed by atoms with Gasteiger partial charge in [-0.2, -0.15) is 0 Å². The van der Waals surface area contributed by atoms with E-state index in [-0.39, 0.29) is 0 Å². The van der Waals surface area contributed by atoms with E-state index in [0.717, 1.165) is 17.1 Å². The number of anilines is 3. The Balaban J connectivity index is 1.25. The normalized spacial score (nSPS) is 11.4. The second-order valence-electron chi connectivity index (χ2n) is 13.7. The van der Waals surface area contributed by atoms with Gasteiger partial charge in [0, 0.05) is 16.6 Å². The summed E-state index contributed by atoms with van der Waals surface area (Å²) in [7, 11) is 0. The molecule has 0 fully saturated rings. The first kappa shape index (κ1) is 30.8. The summed E-state index contributed by atoms with van der Waals surface area (Å²) in [5, 5.41) is 9.93. The van der Waals surface area contributed by atoms with Crippen molar-refractivity contribution in [2.24, 2.45) is 0 Å². The Hall–Kier alpha value is -6.96. The first-order valence-corrected chi connectivity index (χ1v) is 18.3. The lowest BCUT2D eigenvalue weighted by Crippen LogP contribution is -2.12. The van der Waals surface area contributed by atoms with Crippen molar-refractivity contribution in [3.05, 3.63) is 212 Å². The molecule has 0 atom stereocenters. The van der Waals surface area contributed by atoms with Crippen molar-refractivity contribution in [3.8, 4) is 33.4 Å². The minimum absolute atomic E-state index is 1.10. The van der Waals surface area contributed by atoms with Crippen LogP contribution in [0.1, 0.15) is 0 Å². The van der Waals surface area contributed by atoms with Gasteiger partial charge in [0.1, 0.15) is 0 Å². The Bertz CT molecular complexity index is 2950. The van der Waals surface area contributed by atoms with Crippen molar-refractivity contribution in [2.75, 3.05) is 4.90 Å². The zero-order chi connectivity index (χ0) is 35.1. The highest BCUT2D eigenvalue weighted by atomic mass is 15.1. The van der Waals surface area contributed by atoms with Crippen molar-refractivity contribution >= 4 is 60.2 Å². The van der Waals surface area contributed by atoms with Crippen LogP contribution in [0.5, 0.6) is 0 Å². The fraction of sp³-hybridized carbons (Fsp3) is 0. The molecule has 0 aliphatic heterocycles. The predicted molar refractivity (Wildman–Crippen MR) is 227 cm³/mol. The fourth-order valence-corrected chi connectivity index (χ4v) is 8.22. The number of rotatable bonds is 6. The largest absolute Gasteiger partial charge is 0.309 e. The smallest absolute Gasteiger partial charge is 0.0540 e. The fourth-order valence-electron chi connectivity index (χ4n) is 8.22. The summed E-state index contributed by atoms with van der Waals surface area (Å²) >= 11 is 0. The van der Waals surface area contributed by atoms with Crippen LogP contribution in [0.4, 0.5) is 17.1 Å². The van der Waals surface area contributed by atoms with Crippen LogP contribution >= 0.6 is 0 Å². The van der Waals surface area contributed by atoms with Gasteiger partial charge in [0.05, 0.1) is 11.4 Å². The molecule has 1 heteroatoms. The minimum Gasteiger partial charge on any atom is -0.309 e. The Morgan fingerprint density at radius 1 is 0.245 bits per heavy atom. The molecule has 1 nitrogen and oxygen atoms in total. The van der Waals surface area contributed by atoms with Crippen molar-refractivity contribution in [1.29, 1.82) is 0 Å². The van der Waals surface area contributed by atoms with E-state index in [2.05, 4.69) is 217 Å². The molecule has 0 N–H and O–H groups in total. The van der Waals surface area contributed by atoms with E-state index in [9.17, 15) is 0 Å². The highest BCUT2D eigenvalue weighted by Gasteiger charge is 2.22. The number of nitrogens with zero attached hydrogens (tertiary/aromatic N) is 1. The third-order valence-corrected chi connectivity index (χ3v) is 10.6. The zero-order valence-corrected chi connectivity index (χ0v) is 29.2. The molecule has 0 unspecified atom stereocenters. The van der Waals surface area contributed by atoms with Crippen LogP contribution < -0.4 is 4.90 Å². The van der Waals surface area contributed by atoms with Gasteiger partial charge < -0.3 is 4.90 Å². The van der Waals surface area contributed by atoms with Crippen LogP contribution in [0.25, 0.3) is 76.5 Å². The SMILES string of the molecule is c1ccc(-c2ccc(N(c3cccc(-c4cc5ccccc5c5ccccc45)c3)c3ccccc3-c3cccc4ccccc34)c3ccccc23)cc1. The first-order chi connectivity index (χ1) is 26.3. The van der Waals surface area contributed by atoms with Crippen molar-refractivity contribution in [1.82, 2.24) is 0 Å². The number of benzene rings is 10. The van der Waals surface area contributed by atoms with E-state index in [4.69, 9.17) is 0 Å². The monoisotopic (exact) mass is 673 g/mol.